The minimum atomic E-state index is -1.20. The molecule has 0 bridgehead atoms. The molecule has 172 valence electrons. The SMILES string of the molecule is CC(C)C[C@H](NC(=O)C(C#N)CC(O)[C@H](CC(C)C)NC(=O)OC(C)(C)C)C(N)=O. The van der Waals surface area contributed by atoms with Crippen LogP contribution in [0, 0.1) is 29.1 Å². The average Bonchev–Trinajstić information content (AvgIpc) is 2.55. The monoisotopic (exact) mass is 426 g/mol. The molecule has 0 aromatic carbocycles. The zero-order chi connectivity index (χ0) is 23.6. The molecular formula is C21H38N4O5. The largest absolute Gasteiger partial charge is 0.444 e. The molecule has 0 spiro atoms. The van der Waals surface area contributed by atoms with Crippen molar-refractivity contribution >= 4 is 17.9 Å². The van der Waals surface area contributed by atoms with Gasteiger partial charge < -0.3 is 26.2 Å². The van der Waals surface area contributed by atoms with E-state index in [1.54, 1.807) is 20.8 Å². The topological polar surface area (TPSA) is 155 Å². The highest BCUT2D eigenvalue weighted by atomic mass is 16.6. The van der Waals surface area contributed by atoms with E-state index in [0.29, 0.717) is 12.8 Å². The van der Waals surface area contributed by atoms with Gasteiger partial charge >= 0.3 is 6.09 Å². The van der Waals surface area contributed by atoms with Gasteiger partial charge in [-0.25, -0.2) is 4.79 Å². The lowest BCUT2D eigenvalue weighted by molar-refractivity contribution is -0.129. The number of nitrogens with two attached hydrogens (primary N) is 1. The molecule has 0 aromatic rings. The Bertz CT molecular complexity index is 622. The predicted molar refractivity (Wildman–Crippen MR) is 113 cm³/mol. The third-order valence-electron chi connectivity index (χ3n) is 4.21. The first-order valence-corrected chi connectivity index (χ1v) is 10.3. The molecule has 0 aliphatic heterocycles. The predicted octanol–water partition coefficient (Wildman–Crippen LogP) is 1.83. The number of hydrogen-bond donors (Lipinski definition) is 4. The van der Waals surface area contributed by atoms with Crippen molar-refractivity contribution in [3.05, 3.63) is 0 Å². The number of hydrogen-bond acceptors (Lipinski definition) is 6. The Morgan fingerprint density at radius 1 is 1.03 bits per heavy atom. The van der Waals surface area contributed by atoms with Gasteiger partial charge in [0.15, 0.2) is 0 Å². The third-order valence-corrected chi connectivity index (χ3v) is 4.21. The third kappa shape index (κ3) is 11.6. The van der Waals surface area contributed by atoms with Crippen molar-refractivity contribution in [2.75, 3.05) is 0 Å². The highest BCUT2D eigenvalue weighted by Crippen LogP contribution is 2.17. The fourth-order valence-corrected chi connectivity index (χ4v) is 2.89. The van der Waals surface area contributed by atoms with Crippen LogP contribution in [0.15, 0.2) is 0 Å². The normalized spacial score (nSPS) is 15.6. The highest BCUT2D eigenvalue weighted by Gasteiger charge is 2.31. The van der Waals surface area contributed by atoms with E-state index in [4.69, 9.17) is 10.5 Å². The van der Waals surface area contributed by atoms with Crippen LogP contribution in [-0.2, 0) is 14.3 Å². The maximum atomic E-state index is 12.5. The number of carbonyl (C=O) groups excluding carboxylic acids is 3. The van der Waals surface area contributed by atoms with Crippen molar-refractivity contribution in [1.29, 1.82) is 5.26 Å². The number of amides is 3. The molecule has 0 fully saturated rings. The standard InChI is InChI=1S/C21H38N4O5/c1-12(2)8-15(25-20(29)30-21(5,6)7)17(26)10-14(11-22)19(28)24-16(18(23)27)9-13(3)4/h12-17,26H,8-10H2,1-7H3,(H2,23,27)(H,24,28)(H,25,29)/t14?,15-,16-,17?/m0/s1. The Labute approximate surface area is 179 Å². The summed E-state index contributed by atoms with van der Waals surface area (Å²) in [4.78, 5) is 36.2. The summed E-state index contributed by atoms with van der Waals surface area (Å²) in [6.07, 6.45) is -1.28. The summed E-state index contributed by atoms with van der Waals surface area (Å²) in [5.74, 6) is -2.31. The van der Waals surface area contributed by atoms with Crippen LogP contribution in [-0.4, -0.2) is 46.8 Å². The summed E-state index contributed by atoms with van der Waals surface area (Å²) >= 11 is 0. The van der Waals surface area contributed by atoms with Gasteiger partial charge in [0.1, 0.15) is 17.6 Å². The number of nitrogens with zero attached hydrogens (tertiary/aromatic N) is 1. The average molecular weight is 427 g/mol. The smallest absolute Gasteiger partial charge is 0.407 e. The Morgan fingerprint density at radius 3 is 1.97 bits per heavy atom. The zero-order valence-corrected chi connectivity index (χ0v) is 19.2. The number of ether oxygens (including phenoxy) is 1. The Balaban J connectivity index is 5.20. The van der Waals surface area contributed by atoms with Gasteiger partial charge in [0.2, 0.25) is 11.8 Å². The van der Waals surface area contributed by atoms with Crippen LogP contribution in [0.4, 0.5) is 4.79 Å². The first kappa shape index (κ1) is 27.7. The molecule has 0 radical (unpaired) electrons. The molecule has 0 aromatic heterocycles. The van der Waals surface area contributed by atoms with E-state index in [1.165, 1.54) is 0 Å². The number of primary amides is 1. The summed E-state index contributed by atoms with van der Waals surface area (Å²) in [5.41, 5.74) is 4.64. The summed E-state index contributed by atoms with van der Waals surface area (Å²) < 4.78 is 5.24. The van der Waals surface area contributed by atoms with E-state index >= 15 is 0 Å². The van der Waals surface area contributed by atoms with Crippen LogP contribution in [0.1, 0.15) is 67.7 Å². The fraction of sp³-hybridized carbons (Fsp3) is 0.810. The van der Waals surface area contributed by atoms with Crippen molar-refractivity contribution in [3.8, 4) is 6.07 Å². The zero-order valence-electron chi connectivity index (χ0n) is 19.2. The van der Waals surface area contributed by atoms with Gasteiger partial charge in [-0.15, -0.1) is 0 Å². The van der Waals surface area contributed by atoms with E-state index in [-0.39, 0.29) is 18.3 Å². The second-order valence-corrected chi connectivity index (χ2v) is 9.46. The van der Waals surface area contributed by atoms with Crippen molar-refractivity contribution in [2.45, 2.75) is 91.5 Å². The molecule has 3 amide bonds. The number of alkyl carbamates (subject to hydrolysis) is 1. The number of nitrogens with one attached hydrogen (secondary N) is 2. The number of nitriles is 1. The molecule has 5 N–H and O–H groups in total. The van der Waals surface area contributed by atoms with E-state index < -0.39 is 47.6 Å². The summed E-state index contributed by atoms with van der Waals surface area (Å²) in [7, 11) is 0. The van der Waals surface area contributed by atoms with Gasteiger partial charge in [0, 0.05) is 6.42 Å². The molecule has 9 nitrogen and oxygen atoms in total. The fourth-order valence-electron chi connectivity index (χ4n) is 2.89. The Hall–Kier alpha value is -2.34. The maximum Gasteiger partial charge on any atom is 0.407 e. The van der Waals surface area contributed by atoms with Crippen molar-refractivity contribution < 1.29 is 24.2 Å². The molecule has 9 heteroatoms. The molecule has 0 heterocycles. The molecule has 30 heavy (non-hydrogen) atoms. The lowest BCUT2D eigenvalue weighted by Gasteiger charge is -2.28. The highest BCUT2D eigenvalue weighted by molar-refractivity contribution is 5.88. The van der Waals surface area contributed by atoms with Crippen LogP contribution < -0.4 is 16.4 Å². The van der Waals surface area contributed by atoms with Gasteiger partial charge in [0.05, 0.1) is 18.2 Å². The van der Waals surface area contributed by atoms with E-state index in [0.717, 1.165) is 0 Å². The lowest BCUT2D eigenvalue weighted by atomic mass is 9.92. The van der Waals surface area contributed by atoms with E-state index in [9.17, 15) is 24.8 Å². The van der Waals surface area contributed by atoms with Gasteiger partial charge in [-0.05, 0) is 45.4 Å². The Kier molecular flexibility index (Phi) is 11.4. The van der Waals surface area contributed by atoms with E-state index in [2.05, 4.69) is 10.6 Å². The van der Waals surface area contributed by atoms with E-state index in [1.807, 2.05) is 33.8 Å². The molecular weight excluding hydrogens is 388 g/mol. The first-order chi connectivity index (χ1) is 13.7. The molecule has 0 saturated heterocycles. The molecule has 0 aliphatic carbocycles. The van der Waals surface area contributed by atoms with Crippen LogP contribution in [0.3, 0.4) is 0 Å². The maximum absolute atomic E-state index is 12.5. The van der Waals surface area contributed by atoms with Gasteiger partial charge in [-0.3, -0.25) is 9.59 Å². The van der Waals surface area contributed by atoms with Crippen molar-refractivity contribution in [3.63, 3.8) is 0 Å². The van der Waals surface area contributed by atoms with Crippen LogP contribution in [0.25, 0.3) is 0 Å². The number of aliphatic hydroxyl groups excluding tert-OH is 1. The van der Waals surface area contributed by atoms with Gasteiger partial charge in [-0.1, -0.05) is 27.7 Å². The Morgan fingerprint density at radius 2 is 1.57 bits per heavy atom. The lowest BCUT2D eigenvalue weighted by Crippen LogP contribution is -2.49. The minimum absolute atomic E-state index is 0.113. The van der Waals surface area contributed by atoms with Gasteiger partial charge in [-0.2, -0.15) is 5.26 Å². The van der Waals surface area contributed by atoms with Crippen LogP contribution in [0.5, 0.6) is 0 Å². The summed E-state index contributed by atoms with van der Waals surface area (Å²) in [6.45, 7) is 12.8. The summed E-state index contributed by atoms with van der Waals surface area (Å²) in [6, 6.07) is 0.267. The molecule has 0 rings (SSSR count). The minimum Gasteiger partial charge on any atom is -0.444 e. The number of carbonyl (C=O) groups is 3. The van der Waals surface area contributed by atoms with Crippen LogP contribution >= 0.6 is 0 Å². The molecule has 0 saturated carbocycles. The number of rotatable bonds is 11. The second kappa shape index (κ2) is 12.4. The first-order valence-electron chi connectivity index (χ1n) is 10.3. The quantitative estimate of drug-likeness (QED) is 0.395. The second-order valence-electron chi connectivity index (χ2n) is 9.46. The van der Waals surface area contributed by atoms with Crippen LogP contribution in [0.2, 0.25) is 0 Å². The molecule has 2 unspecified atom stereocenters. The van der Waals surface area contributed by atoms with Crippen molar-refractivity contribution in [2.24, 2.45) is 23.5 Å². The summed E-state index contributed by atoms with van der Waals surface area (Å²) in [5, 5.41) is 25.2. The van der Waals surface area contributed by atoms with Crippen molar-refractivity contribution in [1.82, 2.24) is 10.6 Å². The molecule has 0 aliphatic rings. The molecule has 4 atom stereocenters. The van der Waals surface area contributed by atoms with Gasteiger partial charge in [0.25, 0.3) is 0 Å². The number of aliphatic hydroxyl groups is 1.